The Morgan fingerprint density at radius 2 is 2.31 bits per heavy atom. The molecular weight excluding hydrogens is 279 g/mol. The fraction of sp³-hybridized carbons (Fsp3) is 0.667. The van der Waals surface area contributed by atoms with Crippen molar-refractivity contribution in [1.82, 2.24) is 9.78 Å². The molecule has 13 heavy (non-hydrogen) atoms. The Labute approximate surface area is 91.6 Å². The van der Waals surface area contributed by atoms with Crippen LogP contribution in [0.15, 0.2) is 12.4 Å². The maximum atomic E-state index is 5.31. The SMILES string of the molecule is Ic1cnn(CC2CCOCC2)c1. The molecule has 0 bridgehead atoms. The van der Waals surface area contributed by atoms with Crippen LogP contribution < -0.4 is 0 Å². The van der Waals surface area contributed by atoms with E-state index < -0.39 is 0 Å². The highest BCUT2D eigenvalue weighted by atomic mass is 127. The lowest BCUT2D eigenvalue weighted by Gasteiger charge is -2.21. The van der Waals surface area contributed by atoms with Crippen molar-refractivity contribution < 1.29 is 4.74 Å². The summed E-state index contributed by atoms with van der Waals surface area (Å²) in [6.45, 7) is 2.89. The highest BCUT2D eigenvalue weighted by Gasteiger charge is 2.14. The van der Waals surface area contributed by atoms with Crippen LogP contribution in [0, 0.1) is 9.49 Å². The smallest absolute Gasteiger partial charge is 0.0623 e. The number of hydrogen-bond donors (Lipinski definition) is 0. The highest BCUT2D eigenvalue weighted by molar-refractivity contribution is 14.1. The third-order valence-electron chi connectivity index (χ3n) is 2.39. The molecule has 1 aromatic rings. The molecule has 1 aliphatic heterocycles. The van der Waals surface area contributed by atoms with Crippen LogP contribution in [-0.4, -0.2) is 23.0 Å². The van der Waals surface area contributed by atoms with E-state index in [2.05, 4.69) is 33.9 Å². The number of halogens is 1. The Kier molecular flexibility index (Phi) is 3.21. The summed E-state index contributed by atoms with van der Waals surface area (Å²) in [6.07, 6.45) is 6.35. The summed E-state index contributed by atoms with van der Waals surface area (Å²) in [7, 11) is 0. The van der Waals surface area contributed by atoms with Crippen molar-refractivity contribution in [3.8, 4) is 0 Å². The molecule has 3 nitrogen and oxygen atoms in total. The van der Waals surface area contributed by atoms with Gasteiger partial charge in [-0.25, -0.2) is 0 Å². The lowest BCUT2D eigenvalue weighted by Crippen LogP contribution is -2.20. The predicted molar refractivity (Wildman–Crippen MR) is 58.5 cm³/mol. The summed E-state index contributed by atoms with van der Waals surface area (Å²) >= 11 is 2.29. The Hall–Kier alpha value is -0.100. The molecule has 0 radical (unpaired) electrons. The van der Waals surface area contributed by atoms with Crippen LogP contribution in [0.3, 0.4) is 0 Å². The first kappa shape index (κ1) is 9.45. The summed E-state index contributed by atoms with van der Waals surface area (Å²) < 4.78 is 8.56. The molecule has 2 heterocycles. The maximum Gasteiger partial charge on any atom is 0.0623 e. The van der Waals surface area contributed by atoms with Crippen LogP contribution in [0.5, 0.6) is 0 Å². The van der Waals surface area contributed by atoms with Crippen molar-refractivity contribution in [3.63, 3.8) is 0 Å². The summed E-state index contributed by atoms with van der Waals surface area (Å²) in [4.78, 5) is 0. The van der Waals surface area contributed by atoms with Crippen LogP contribution >= 0.6 is 22.6 Å². The van der Waals surface area contributed by atoms with E-state index in [9.17, 15) is 0 Å². The molecule has 1 aliphatic rings. The van der Waals surface area contributed by atoms with Crippen LogP contribution in [0.4, 0.5) is 0 Å². The van der Waals surface area contributed by atoms with Gasteiger partial charge in [-0.1, -0.05) is 0 Å². The van der Waals surface area contributed by atoms with Gasteiger partial charge in [-0.3, -0.25) is 4.68 Å². The van der Waals surface area contributed by atoms with Crippen LogP contribution in [-0.2, 0) is 11.3 Å². The third kappa shape index (κ3) is 2.67. The molecule has 72 valence electrons. The zero-order valence-electron chi connectivity index (χ0n) is 7.45. The van der Waals surface area contributed by atoms with Gasteiger partial charge in [0.25, 0.3) is 0 Å². The Morgan fingerprint density at radius 3 is 2.92 bits per heavy atom. The van der Waals surface area contributed by atoms with Crippen molar-refractivity contribution in [2.24, 2.45) is 5.92 Å². The van der Waals surface area contributed by atoms with Gasteiger partial charge < -0.3 is 4.74 Å². The van der Waals surface area contributed by atoms with Crippen LogP contribution in [0.1, 0.15) is 12.8 Å². The second kappa shape index (κ2) is 4.41. The topological polar surface area (TPSA) is 27.1 Å². The fourth-order valence-electron chi connectivity index (χ4n) is 1.63. The first-order valence-corrected chi connectivity index (χ1v) is 5.68. The van der Waals surface area contributed by atoms with E-state index in [1.54, 1.807) is 0 Å². The average molecular weight is 292 g/mol. The van der Waals surface area contributed by atoms with E-state index in [-0.39, 0.29) is 0 Å². The largest absolute Gasteiger partial charge is 0.381 e. The van der Waals surface area contributed by atoms with Crippen molar-refractivity contribution in [1.29, 1.82) is 0 Å². The van der Waals surface area contributed by atoms with E-state index in [4.69, 9.17) is 4.74 Å². The summed E-state index contributed by atoms with van der Waals surface area (Å²) in [6, 6.07) is 0. The van der Waals surface area contributed by atoms with Crippen molar-refractivity contribution >= 4 is 22.6 Å². The molecule has 0 aliphatic carbocycles. The fourth-order valence-corrected chi connectivity index (χ4v) is 2.08. The number of ether oxygens (including phenoxy) is 1. The molecule has 0 unspecified atom stereocenters. The molecule has 1 saturated heterocycles. The minimum Gasteiger partial charge on any atom is -0.381 e. The lowest BCUT2D eigenvalue weighted by atomic mass is 10.0. The van der Waals surface area contributed by atoms with E-state index in [0.29, 0.717) is 0 Å². The van der Waals surface area contributed by atoms with Gasteiger partial charge in [-0.15, -0.1) is 0 Å². The van der Waals surface area contributed by atoms with Crippen molar-refractivity contribution in [2.45, 2.75) is 19.4 Å². The first-order chi connectivity index (χ1) is 6.34. The first-order valence-electron chi connectivity index (χ1n) is 4.60. The highest BCUT2D eigenvalue weighted by Crippen LogP contribution is 2.16. The van der Waals surface area contributed by atoms with E-state index in [1.165, 1.54) is 16.4 Å². The number of aromatic nitrogens is 2. The molecule has 0 saturated carbocycles. The van der Waals surface area contributed by atoms with Gasteiger partial charge in [0.15, 0.2) is 0 Å². The minimum atomic E-state index is 0.754. The van der Waals surface area contributed by atoms with Crippen molar-refractivity contribution in [3.05, 3.63) is 16.0 Å². The van der Waals surface area contributed by atoms with Gasteiger partial charge in [-0.05, 0) is 41.4 Å². The van der Waals surface area contributed by atoms with Crippen molar-refractivity contribution in [2.75, 3.05) is 13.2 Å². The number of rotatable bonds is 2. The van der Waals surface area contributed by atoms with Gasteiger partial charge in [0.05, 0.1) is 9.77 Å². The molecular formula is C9H13IN2O. The lowest BCUT2D eigenvalue weighted by molar-refractivity contribution is 0.0601. The van der Waals surface area contributed by atoms with Gasteiger partial charge in [-0.2, -0.15) is 5.10 Å². The van der Waals surface area contributed by atoms with Gasteiger partial charge in [0.1, 0.15) is 0 Å². The predicted octanol–water partition coefficient (Wildman–Crippen LogP) is 1.91. The molecule has 4 heteroatoms. The molecule has 0 amide bonds. The molecule has 1 aromatic heterocycles. The standard InChI is InChI=1S/C9H13IN2O/c10-9-5-11-12(7-9)6-8-1-3-13-4-2-8/h5,7-8H,1-4,6H2. The molecule has 2 rings (SSSR count). The molecule has 1 fully saturated rings. The normalized spacial score (nSPS) is 19.2. The second-order valence-corrected chi connectivity index (χ2v) is 4.68. The zero-order chi connectivity index (χ0) is 9.10. The Bertz CT molecular complexity index is 268. The van der Waals surface area contributed by atoms with Crippen LogP contribution in [0.25, 0.3) is 0 Å². The van der Waals surface area contributed by atoms with Crippen LogP contribution in [0.2, 0.25) is 0 Å². The number of hydrogen-bond acceptors (Lipinski definition) is 2. The second-order valence-electron chi connectivity index (χ2n) is 3.44. The maximum absolute atomic E-state index is 5.31. The molecule has 0 N–H and O–H groups in total. The van der Waals surface area contributed by atoms with E-state index in [1.807, 2.05) is 10.9 Å². The van der Waals surface area contributed by atoms with E-state index >= 15 is 0 Å². The minimum absolute atomic E-state index is 0.754. The van der Waals surface area contributed by atoms with Gasteiger partial charge in [0, 0.05) is 26.0 Å². The summed E-state index contributed by atoms with van der Waals surface area (Å²) in [5.74, 6) is 0.754. The summed E-state index contributed by atoms with van der Waals surface area (Å²) in [5, 5.41) is 4.28. The molecule has 0 spiro atoms. The Balaban J connectivity index is 1.89. The third-order valence-corrected chi connectivity index (χ3v) is 2.94. The molecule has 0 aromatic carbocycles. The number of nitrogens with zero attached hydrogens (tertiary/aromatic N) is 2. The quantitative estimate of drug-likeness (QED) is 0.779. The Morgan fingerprint density at radius 1 is 1.54 bits per heavy atom. The summed E-state index contributed by atoms with van der Waals surface area (Å²) in [5.41, 5.74) is 0. The molecule has 0 atom stereocenters. The van der Waals surface area contributed by atoms with Gasteiger partial charge >= 0.3 is 0 Å². The monoisotopic (exact) mass is 292 g/mol. The van der Waals surface area contributed by atoms with E-state index in [0.717, 1.165) is 25.7 Å². The zero-order valence-corrected chi connectivity index (χ0v) is 9.61. The average Bonchev–Trinajstić information content (AvgIpc) is 2.53. The van der Waals surface area contributed by atoms with Gasteiger partial charge in [0.2, 0.25) is 0 Å².